The van der Waals surface area contributed by atoms with Crippen LogP contribution < -0.4 is 5.32 Å². The molecule has 27 heavy (non-hydrogen) atoms. The number of hydrogen-bond donors (Lipinski definition) is 1. The number of nitrogens with one attached hydrogen (secondary N) is 1. The van der Waals surface area contributed by atoms with E-state index in [0.717, 1.165) is 3.97 Å². The Labute approximate surface area is 156 Å². The number of pyridine rings is 1. The first-order valence-corrected chi connectivity index (χ1v) is 9.62. The summed E-state index contributed by atoms with van der Waals surface area (Å²) in [4.78, 5) is 15.2. The molecule has 0 aliphatic carbocycles. The minimum absolute atomic E-state index is 0.0487. The maximum Gasteiger partial charge on any atom is 0.268 e. The highest BCUT2D eigenvalue weighted by Gasteiger charge is 2.24. The molecule has 0 aliphatic heterocycles. The molecule has 1 N–H and O–H groups in total. The monoisotopic (exact) mass is 387 g/mol. The van der Waals surface area contributed by atoms with E-state index in [-0.39, 0.29) is 27.5 Å². The van der Waals surface area contributed by atoms with Crippen LogP contribution in [0.5, 0.6) is 0 Å². The van der Waals surface area contributed by atoms with Gasteiger partial charge in [-0.1, -0.05) is 12.1 Å². The molecule has 0 radical (unpaired) electrons. The van der Waals surface area contributed by atoms with Crippen molar-refractivity contribution in [2.45, 2.75) is 18.4 Å². The number of halogens is 1. The molecule has 3 aromatic rings. The Morgan fingerprint density at radius 1 is 1.22 bits per heavy atom. The van der Waals surface area contributed by atoms with E-state index in [1.165, 1.54) is 49.6 Å². The summed E-state index contributed by atoms with van der Waals surface area (Å²) in [5.74, 6) is -1.01. The van der Waals surface area contributed by atoms with Crippen molar-refractivity contribution in [3.05, 3.63) is 71.9 Å². The summed E-state index contributed by atoms with van der Waals surface area (Å²) in [6.45, 7) is 1.77. The number of carbonyl (C=O) groups excluding carboxylic acids is 1. The van der Waals surface area contributed by atoms with Crippen LogP contribution in [-0.4, -0.2) is 30.2 Å². The van der Waals surface area contributed by atoms with Crippen LogP contribution in [0, 0.1) is 5.95 Å². The van der Waals surface area contributed by atoms with Gasteiger partial charge in [-0.3, -0.25) is 4.79 Å². The van der Waals surface area contributed by atoms with Crippen LogP contribution in [0.3, 0.4) is 0 Å². The Kier molecular flexibility index (Phi) is 5.20. The number of rotatable bonds is 6. The molecule has 0 aliphatic rings. The van der Waals surface area contributed by atoms with E-state index in [0.29, 0.717) is 12.1 Å². The van der Waals surface area contributed by atoms with Gasteiger partial charge >= 0.3 is 0 Å². The molecule has 0 bridgehead atoms. The minimum Gasteiger partial charge on any atom is -0.316 e. The van der Waals surface area contributed by atoms with Gasteiger partial charge in [-0.25, -0.2) is 17.4 Å². The molecule has 0 saturated carbocycles. The summed E-state index contributed by atoms with van der Waals surface area (Å²) in [6.07, 6.45) is 2.74. The van der Waals surface area contributed by atoms with Gasteiger partial charge in [0, 0.05) is 24.5 Å². The Balaban J connectivity index is 2.22. The van der Waals surface area contributed by atoms with Crippen molar-refractivity contribution in [1.82, 2.24) is 14.3 Å². The number of carbonyl (C=O) groups is 1. The van der Waals surface area contributed by atoms with Crippen LogP contribution in [0.4, 0.5) is 4.39 Å². The highest BCUT2D eigenvalue weighted by Crippen LogP contribution is 2.28. The lowest BCUT2D eigenvalue weighted by Crippen LogP contribution is -2.14. The lowest BCUT2D eigenvalue weighted by Gasteiger charge is -2.11. The van der Waals surface area contributed by atoms with E-state index >= 15 is 0 Å². The SMILES string of the molecule is CNCc1cc(-c2cccnc2F)n(S(=O)(=O)c2cccc(C(C)=O)c2)c1. The average Bonchev–Trinajstić information content (AvgIpc) is 3.07. The van der Waals surface area contributed by atoms with Crippen molar-refractivity contribution in [3.8, 4) is 11.3 Å². The maximum atomic E-state index is 14.2. The smallest absolute Gasteiger partial charge is 0.268 e. The molecule has 0 spiro atoms. The van der Waals surface area contributed by atoms with E-state index < -0.39 is 16.0 Å². The van der Waals surface area contributed by atoms with Gasteiger partial charge in [-0.05, 0) is 49.9 Å². The molecule has 0 saturated heterocycles. The summed E-state index contributed by atoms with van der Waals surface area (Å²) in [5, 5.41) is 2.94. The molecule has 8 heteroatoms. The summed E-state index contributed by atoms with van der Waals surface area (Å²) >= 11 is 0. The van der Waals surface area contributed by atoms with Gasteiger partial charge in [0.1, 0.15) is 0 Å². The fraction of sp³-hybridized carbons (Fsp3) is 0.158. The van der Waals surface area contributed by atoms with E-state index in [9.17, 15) is 17.6 Å². The molecule has 1 aromatic carbocycles. The molecular weight excluding hydrogens is 369 g/mol. The zero-order valence-corrected chi connectivity index (χ0v) is 15.6. The minimum atomic E-state index is -4.05. The molecule has 0 atom stereocenters. The van der Waals surface area contributed by atoms with Crippen molar-refractivity contribution in [3.63, 3.8) is 0 Å². The third-order valence-corrected chi connectivity index (χ3v) is 5.73. The van der Waals surface area contributed by atoms with Gasteiger partial charge in [0.2, 0.25) is 5.95 Å². The second-order valence-electron chi connectivity index (χ2n) is 5.99. The van der Waals surface area contributed by atoms with Crippen LogP contribution in [0.1, 0.15) is 22.8 Å². The van der Waals surface area contributed by atoms with Gasteiger partial charge in [0.15, 0.2) is 5.78 Å². The molecule has 6 nitrogen and oxygen atoms in total. The third-order valence-electron chi connectivity index (χ3n) is 4.06. The summed E-state index contributed by atoms with van der Waals surface area (Å²) in [6, 6.07) is 10.4. The number of Topliss-reactive ketones (excluding diaryl/α,β-unsaturated/α-hetero) is 1. The highest BCUT2D eigenvalue weighted by molar-refractivity contribution is 7.90. The van der Waals surface area contributed by atoms with E-state index in [2.05, 4.69) is 10.3 Å². The van der Waals surface area contributed by atoms with Crippen LogP contribution in [0.25, 0.3) is 11.3 Å². The van der Waals surface area contributed by atoms with Crippen LogP contribution in [-0.2, 0) is 16.6 Å². The molecule has 140 valence electrons. The molecular formula is C19H18FN3O3S. The van der Waals surface area contributed by atoms with Gasteiger partial charge in [0.05, 0.1) is 16.2 Å². The van der Waals surface area contributed by atoms with Crippen molar-refractivity contribution in [1.29, 1.82) is 0 Å². The topological polar surface area (TPSA) is 81.1 Å². The van der Waals surface area contributed by atoms with Crippen LogP contribution >= 0.6 is 0 Å². The zero-order valence-electron chi connectivity index (χ0n) is 14.8. The van der Waals surface area contributed by atoms with Crippen molar-refractivity contribution >= 4 is 15.8 Å². The predicted molar refractivity (Wildman–Crippen MR) is 99.4 cm³/mol. The Morgan fingerprint density at radius 2 is 2.00 bits per heavy atom. The van der Waals surface area contributed by atoms with Gasteiger partial charge in [-0.2, -0.15) is 4.39 Å². The predicted octanol–water partition coefficient (Wildman–Crippen LogP) is 2.85. The normalized spacial score (nSPS) is 11.5. The number of aromatic nitrogens is 2. The first-order chi connectivity index (χ1) is 12.8. The second kappa shape index (κ2) is 7.42. The van der Waals surface area contributed by atoms with Crippen LogP contribution in [0.2, 0.25) is 0 Å². The van der Waals surface area contributed by atoms with E-state index in [1.54, 1.807) is 19.2 Å². The van der Waals surface area contributed by atoms with Gasteiger partial charge in [-0.15, -0.1) is 0 Å². The lowest BCUT2D eigenvalue weighted by atomic mass is 10.2. The Hall–Kier alpha value is -2.84. The number of benzene rings is 1. The standard InChI is InChI=1S/C19H18FN3O3S/c1-13(24)15-5-3-6-16(10-15)27(25,26)23-12-14(11-21-2)9-18(23)17-7-4-8-22-19(17)20/h3-10,12,21H,11H2,1-2H3. The number of nitrogens with zero attached hydrogens (tertiary/aromatic N) is 2. The van der Waals surface area contributed by atoms with Crippen molar-refractivity contribution in [2.75, 3.05) is 7.05 Å². The zero-order chi connectivity index (χ0) is 19.6. The Morgan fingerprint density at radius 3 is 2.67 bits per heavy atom. The van der Waals surface area contributed by atoms with Crippen molar-refractivity contribution < 1.29 is 17.6 Å². The van der Waals surface area contributed by atoms with Crippen molar-refractivity contribution in [2.24, 2.45) is 0 Å². The van der Waals surface area contributed by atoms with Gasteiger partial charge in [0.25, 0.3) is 10.0 Å². The largest absolute Gasteiger partial charge is 0.316 e. The second-order valence-corrected chi connectivity index (χ2v) is 7.81. The Bertz CT molecular complexity index is 1110. The molecule has 2 aromatic heterocycles. The highest BCUT2D eigenvalue weighted by atomic mass is 32.2. The molecule has 2 heterocycles. The first-order valence-electron chi connectivity index (χ1n) is 8.18. The molecule has 0 amide bonds. The van der Waals surface area contributed by atoms with Gasteiger partial charge < -0.3 is 5.32 Å². The number of ketones is 1. The summed E-state index contributed by atoms with van der Waals surface area (Å²) < 4.78 is 41.7. The summed E-state index contributed by atoms with van der Waals surface area (Å²) in [7, 11) is -2.32. The summed E-state index contributed by atoms with van der Waals surface area (Å²) in [5.41, 5.74) is 1.19. The third kappa shape index (κ3) is 3.67. The van der Waals surface area contributed by atoms with Crippen LogP contribution in [0.15, 0.2) is 59.8 Å². The molecule has 0 fully saturated rings. The fourth-order valence-electron chi connectivity index (χ4n) is 2.76. The average molecular weight is 387 g/mol. The number of hydrogen-bond acceptors (Lipinski definition) is 5. The fourth-order valence-corrected chi connectivity index (χ4v) is 4.20. The first kappa shape index (κ1) is 18.9. The quantitative estimate of drug-likeness (QED) is 0.520. The maximum absolute atomic E-state index is 14.2. The molecule has 3 rings (SSSR count). The van der Waals surface area contributed by atoms with E-state index in [1.807, 2.05) is 0 Å². The van der Waals surface area contributed by atoms with E-state index in [4.69, 9.17) is 0 Å². The molecule has 0 unspecified atom stereocenters. The lowest BCUT2D eigenvalue weighted by molar-refractivity contribution is 0.101.